The van der Waals surface area contributed by atoms with Gasteiger partial charge in [0, 0.05) is 17.0 Å². The first-order chi connectivity index (χ1) is 8.15. The summed E-state index contributed by atoms with van der Waals surface area (Å²) in [6.45, 7) is 2.41. The molecule has 17 heavy (non-hydrogen) atoms. The Morgan fingerprint density at radius 2 is 2.06 bits per heavy atom. The van der Waals surface area contributed by atoms with Gasteiger partial charge in [-0.1, -0.05) is 6.92 Å². The Morgan fingerprint density at radius 3 is 2.59 bits per heavy atom. The van der Waals surface area contributed by atoms with Crippen molar-refractivity contribution >= 4 is 11.3 Å². The third-order valence-corrected chi connectivity index (χ3v) is 3.63. The molecule has 0 radical (unpaired) electrons. The van der Waals surface area contributed by atoms with Crippen molar-refractivity contribution in [2.45, 2.75) is 19.9 Å². The highest BCUT2D eigenvalue weighted by Crippen LogP contribution is 2.29. The van der Waals surface area contributed by atoms with Crippen LogP contribution in [0.1, 0.15) is 17.5 Å². The van der Waals surface area contributed by atoms with Crippen LogP contribution in [0, 0.1) is 11.6 Å². The van der Waals surface area contributed by atoms with Crippen LogP contribution in [0.25, 0.3) is 10.6 Å². The number of nitrogens with two attached hydrogens (primary N) is 1. The van der Waals surface area contributed by atoms with Crippen molar-refractivity contribution < 1.29 is 8.78 Å². The molecule has 1 aromatic heterocycles. The molecule has 2 rings (SSSR count). The molecule has 5 heteroatoms. The van der Waals surface area contributed by atoms with Gasteiger partial charge in [-0.05, 0) is 24.6 Å². The molecular weight excluding hydrogens is 242 g/mol. The summed E-state index contributed by atoms with van der Waals surface area (Å²) in [7, 11) is 0. The fourth-order valence-electron chi connectivity index (χ4n) is 1.57. The Hall–Kier alpha value is -1.33. The molecule has 2 nitrogen and oxygen atoms in total. The Balaban J connectivity index is 2.45. The summed E-state index contributed by atoms with van der Waals surface area (Å²) in [6, 6.07) is 3.80. The number of nitrogens with zero attached hydrogens (tertiary/aromatic N) is 1. The van der Waals surface area contributed by atoms with Crippen LogP contribution in [0.5, 0.6) is 0 Å². The fourth-order valence-corrected chi connectivity index (χ4v) is 2.60. The molecule has 0 amide bonds. The number of hydrogen-bond acceptors (Lipinski definition) is 3. The van der Waals surface area contributed by atoms with Crippen LogP contribution in [-0.2, 0) is 13.0 Å². The van der Waals surface area contributed by atoms with Crippen molar-refractivity contribution in [2.75, 3.05) is 0 Å². The van der Waals surface area contributed by atoms with Gasteiger partial charge in [0.2, 0.25) is 0 Å². The van der Waals surface area contributed by atoms with E-state index in [0.29, 0.717) is 17.1 Å². The van der Waals surface area contributed by atoms with E-state index in [1.807, 2.05) is 6.92 Å². The minimum Gasteiger partial charge on any atom is -0.326 e. The minimum absolute atomic E-state index is 0.421. The maximum atomic E-state index is 13.1. The van der Waals surface area contributed by atoms with E-state index < -0.39 is 11.6 Å². The topological polar surface area (TPSA) is 38.9 Å². The second-order valence-corrected chi connectivity index (χ2v) is 4.66. The molecule has 0 aliphatic rings. The monoisotopic (exact) mass is 254 g/mol. The standard InChI is InChI=1S/C12H12F2N2S/c1-2-10-11(6-15)17-12(16-10)7-3-4-8(13)9(14)5-7/h3-5H,2,6,15H2,1H3. The smallest absolute Gasteiger partial charge is 0.159 e. The van der Waals surface area contributed by atoms with Gasteiger partial charge in [-0.25, -0.2) is 13.8 Å². The first kappa shape index (κ1) is 12.1. The summed E-state index contributed by atoms with van der Waals surface area (Å²) in [5.74, 6) is -1.70. The number of thiazole rings is 1. The Kier molecular flexibility index (Phi) is 3.49. The molecular formula is C12H12F2N2S. The van der Waals surface area contributed by atoms with Gasteiger partial charge >= 0.3 is 0 Å². The van der Waals surface area contributed by atoms with E-state index >= 15 is 0 Å². The molecule has 0 saturated heterocycles. The van der Waals surface area contributed by atoms with Crippen molar-refractivity contribution in [3.05, 3.63) is 40.4 Å². The van der Waals surface area contributed by atoms with Crippen LogP contribution in [-0.4, -0.2) is 4.98 Å². The number of halogens is 2. The van der Waals surface area contributed by atoms with Crippen LogP contribution in [0.4, 0.5) is 8.78 Å². The van der Waals surface area contributed by atoms with E-state index in [9.17, 15) is 8.78 Å². The first-order valence-electron chi connectivity index (χ1n) is 5.29. The molecule has 0 aliphatic carbocycles. The van der Waals surface area contributed by atoms with Gasteiger partial charge < -0.3 is 5.73 Å². The third-order valence-electron chi connectivity index (χ3n) is 2.47. The van der Waals surface area contributed by atoms with Crippen molar-refractivity contribution in [3.8, 4) is 10.6 Å². The van der Waals surface area contributed by atoms with Gasteiger partial charge in [-0.15, -0.1) is 11.3 Å². The zero-order valence-electron chi connectivity index (χ0n) is 9.34. The molecule has 1 heterocycles. The molecule has 0 unspecified atom stereocenters. The maximum absolute atomic E-state index is 13.1. The van der Waals surface area contributed by atoms with Crippen LogP contribution < -0.4 is 5.73 Å². The average Bonchev–Trinajstić information content (AvgIpc) is 2.75. The predicted octanol–water partition coefficient (Wildman–Crippen LogP) is 3.11. The molecule has 2 aromatic rings. The lowest BCUT2D eigenvalue weighted by atomic mass is 10.2. The molecule has 0 bridgehead atoms. The summed E-state index contributed by atoms with van der Waals surface area (Å²) >= 11 is 1.43. The molecule has 1 aromatic carbocycles. The van der Waals surface area contributed by atoms with Gasteiger partial charge in [0.1, 0.15) is 5.01 Å². The van der Waals surface area contributed by atoms with Crippen molar-refractivity contribution in [3.63, 3.8) is 0 Å². The first-order valence-corrected chi connectivity index (χ1v) is 6.11. The molecule has 0 fully saturated rings. The van der Waals surface area contributed by atoms with E-state index in [-0.39, 0.29) is 0 Å². The third kappa shape index (κ3) is 2.35. The summed E-state index contributed by atoms with van der Waals surface area (Å²) in [5.41, 5.74) is 7.12. The van der Waals surface area contributed by atoms with Crippen molar-refractivity contribution in [1.29, 1.82) is 0 Å². The van der Waals surface area contributed by atoms with E-state index in [1.54, 1.807) is 0 Å². The second-order valence-electron chi connectivity index (χ2n) is 3.58. The van der Waals surface area contributed by atoms with Crippen LogP contribution in [0.3, 0.4) is 0 Å². The zero-order valence-corrected chi connectivity index (χ0v) is 10.2. The highest BCUT2D eigenvalue weighted by Gasteiger charge is 2.11. The fraction of sp³-hybridized carbons (Fsp3) is 0.250. The predicted molar refractivity (Wildman–Crippen MR) is 64.7 cm³/mol. The number of aryl methyl sites for hydroxylation is 1. The lowest BCUT2D eigenvalue weighted by molar-refractivity contribution is 0.509. The van der Waals surface area contributed by atoms with E-state index in [1.165, 1.54) is 17.4 Å². The van der Waals surface area contributed by atoms with Gasteiger partial charge in [0.25, 0.3) is 0 Å². The normalized spacial score (nSPS) is 10.8. The maximum Gasteiger partial charge on any atom is 0.159 e. The lowest BCUT2D eigenvalue weighted by Crippen LogP contribution is -1.96. The summed E-state index contributed by atoms with van der Waals surface area (Å²) in [6.07, 6.45) is 0.784. The zero-order chi connectivity index (χ0) is 12.4. The summed E-state index contributed by atoms with van der Waals surface area (Å²) < 4.78 is 25.9. The van der Waals surface area contributed by atoms with Gasteiger partial charge in [-0.3, -0.25) is 0 Å². The minimum atomic E-state index is -0.856. The molecule has 0 saturated carbocycles. The molecule has 2 N–H and O–H groups in total. The van der Waals surface area contributed by atoms with Crippen LogP contribution >= 0.6 is 11.3 Å². The SMILES string of the molecule is CCc1nc(-c2ccc(F)c(F)c2)sc1CN. The van der Waals surface area contributed by atoms with Crippen LogP contribution in [0.2, 0.25) is 0 Å². The number of hydrogen-bond donors (Lipinski definition) is 1. The highest BCUT2D eigenvalue weighted by atomic mass is 32.1. The highest BCUT2D eigenvalue weighted by molar-refractivity contribution is 7.15. The van der Waals surface area contributed by atoms with Gasteiger partial charge in [-0.2, -0.15) is 0 Å². The van der Waals surface area contributed by atoms with Gasteiger partial charge in [0.15, 0.2) is 11.6 Å². The molecule has 90 valence electrons. The molecule has 0 atom stereocenters. The van der Waals surface area contributed by atoms with Crippen LogP contribution in [0.15, 0.2) is 18.2 Å². The summed E-state index contributed by atoms with van der Waals surface area (Å²) in [5, 5.41) is 0.682. The Bertz CT molecular complexity index is 516. The lowest BCUT2D eigenvalue weighted by Gasteiger charge is -1.97. The molecule has 0 spiro atoms. The Morgan fingerprint density at radius 1 is 1.29 bits per heavy atom. The molecule has 0 aliphatic heterocycles. The Labute approximate surface area is 102 Å². The largest absolute Gasteiger partial charge is 0.326 e. The number of aromatic nitrogens is 1. The van der Waals surface area contributed by atoms with Gasteiger partial charge in [0.05, 0.1) is 5.69 Å². The van der Waals surface area contributed by atoms with Crippen molar-refractivity contribution in [2.24, 2.45) is 5.73 Å². The van der Waals surface area contributed by atoms with E-state index in [2.05, 4.69) is 4.98 Å². The quantitative estimate of drug-likeness (QED) is 0.914. The average molecular weight is 254 g/mol. The number of rotatable bonds is 3. The van der Waals surface area contributed by atoms with Crippen molar-refractivity contribution in [1.82, 2.24) is 4.98 Å². The van der Waals surface area contributed by atoms with E-state index in [0.717, 1.165) is 29.1 Å². The van der Waals surface area contributed by atoms with E-state index in [4.69, 9.17) is 5.73 Å². The summed E-state index contributed by atoms with van der Waals surface area (Å²) in [4.78, 5) is 5.38. The second kappa shape index (κ2) is 4.89. The number of benzene rings is 1.